The first-order valence-electron chi connectivity index (χ1n) is 10.7. The van der Waals surface area contributed by atoms with E-state index in [0.717, 1.165) is 29.9 Å². The molecule has 2 heterocycles. The van der Waals surface area contributed by atoms with E-state index in [4.69, 9.17) is 27.9 Å². The molecule has 0 amide bonds. The standard InChI is InChI=1S/C24H26Cl2N4OS/c1-16-13-20(27-15-30-11-5-4-6-12-30)19(26)14-21(16)31-23-28-22(29-32-23)24(2,3)17-7-9-18(25)10-8-17/h7-10,13-15H,4-6,11-12H2,1-3H3. The molecule has 1 aliphatic heterocycles. The Morgan fingerprint density at radius 1 is 1.09 bits per heavy atom. The molecule has 8 heteroatoms. The summed E-state index contributed by atoms with van der Waals surface area (Å²) >= 11 is 13.8. The fourth-order valence-corrected chi connectivity index (χ4v) is 4.65. The first kappa shape index (κ1) is 23.0. The number of hydrogen-bond acceptors (Lipinski definition) is 5. The maximum absolute atomic E-state index is 6.50. The lowest BCUT2D eigenvalue weighted by Gasteiger charge is -2.23. The lowest BCUT2D eigenvalue weighted by Crippen LogP contribution is -2.27. The highest BCUT2D eigenvalue weighted by atomic mass is 35.5. The van der Waals surface area contributed by atoms with E-state index in [1.807, 2.05) is 43.6 Å². The second-order valence-electron chi connectivity index (χ2n) is 8.53. The predicted octanol–water partition coefficient (Wildman–Crippen LogP) is 7.42. The van der Waals surface area contributed by atoms with Crippen LogP contribution in [-0.4, -0.2) is 33.7 Å². The van der Waals surface area contributed by atoms with Gasteiger partial charge in [-0.2, -0.15) is 9.36 Å². The molecule has 1 fully saturated rings. The van der Waals surface area contributed by atoms with Crippen LogP contribution in [0.4, 0.5) is 5.69 Å². The minimum Gasteiger partial charge on any atom is -0.430 e. The number of rotatable bonds is 6. The molecule has 0 aliphatic carbocycles. The zero-order valence-corrected chi connectivity index (χ0v) is 20.8. The molecule has 0 bridgehead atoms. The van der Waals surface area contributed by atoms with Gasteiger partial charge in [0.05, 0.1) is 22.5 Å². The van der Waals surface area contributed by atoms with Crippen LogP contribution in [0.15, 0.2) is 41.4 Å². The number of aromatic nitrogens is 2. The average Bonchev–Trinajstić information content (AvgIpc) is 3.26. The van der Waals surface area contributed by atoms with Crippen LogP contribution in [0.25, 0.3) is 0 Å². The Hall–Kier alpha value is -2.15. The zero-order chi connectivity index (χ0) is 22.7. The van der Waals surface area contributed by atoms with Crippen molar-refractivity contribution in [2.45, 2.75) is 45.4 Å². The first-order chi connectivity index (χ1) is 15.3. The third kappa shape index (κ3) is 5.25. The first-order valence-corrected chi connectivity index (χ1v) is 12.2. The molecule has 0 unspecified atom stereocenters. The fourth-order valence-electron chi connectivity index (χ4n) is 3.63. The summed E-state index contributed by atoms with van der Waals surface area (Å²) in [5.74, 6) is 1.35. The van der Waals surface area contributed by atoms with Crippen molar-refractivity contribution < 1.29 is 4.74 Å². The van der Waals surface area contributed by atoms with Crippen molar-refractivity contribution >= 4 is 46.8 Å². The van der Waals surface area contributed by atoms with Gasteiger partial charge in [-0.1, -0.05) is 35.3 Å². The summed E-state index contributed by atoms with van der Waals surface area (Å²) in [6.45, 7) is 8.24. The number of piperidine rings is 1. The van der Waals surface area contributed by atoms with Gasteiger partial charge >= 0.3 is 0 Å². The van der Waals surface area contributed by atoms with E-state index in [2.05, 4.69) is 33.1 Å². The predicted molar refractivity (Wildman–Crippen MR) is 133 cm³/mol. The maximum Gasteiger partial charge on any atom is 0.298 e. The van der Waals surface area contributed by atoms with Crippen LogP contribution in [0, 0.1) is 6.92 Å². The number of ether oxygens (including phenoxy) is 1. The van der Waals surface area contributed by atoms with E-state index in [9.17, 15) is 0 Å². The van der Waals surface area contributed by atoms with Crippen LogP contribution in [-0.2, 0) is 5.41 Å². The molecule has 3 aromatic rings. The highest BCUT2D eigenvalue weighted by molar-refractivity contribution is 7.07. The number of hydrogen-bond donors (Lipinski definition) is 0. The topological polar surface area (TPSA) is 50.6 Å². The van der Waals surface area contributed by atoms with Crippen LogP contribution in [0.2, 0.25) is 10.0 Å². The van der Waals surface area contributed by atoms with E-state index in [1.54, 1.807) is 6.07 Å². The van der Waals surface area contributed by atoms with E-state index < -0.39 is 0 Å². The van der Waals surface area contributed by atoms with Gasteiger partial charge in [0, 0.05) is 35.7 Å². The number of aliphatic imine (C=N–C) groups is 1. The minimum atomic E-state index is -0.373. The highest BCUT2D eigenvalue weighted by Crippen LogP contribution is 2.37. The number of benzene rings is 2. The SMILES string of the molecule is Cc1cc(N=CN2CCCCC2)c(Cl)cc1Oc1nc(C(C)(C)c2ccc(Cl)cc2)ns1. The zero-order valence-electron chi connectivity index (χ0n) is 18.4. The fraction of sp³-hybridized carbons (Fsp3) is 0.375. The van der Waals surface area contributed by atoms with Crippen molar-refractivity contribution in [2.75, 3.05) is 13.1 Å². The Kier molecular flexibility index (Phi) is 7.03. The minimum absolute atomic E-state index is 0.373. The van der Waals surface area contributed by atoms with E-state index in [1.165, 1.54) is 30.8 Å². The third-order valence-electron chi connectivity index (χ3n) is 5.72. The highest BCUT2D eigenvalue weighted by Gasteiger charge is 2.28. The molecule has 4 rings (SSSR count). The molecular formula is C24H26Cl2N4OS. The quantitative estimate of drug-likeness (QED) is 0.267. The maximum atomic E-state index is 6.50. The molecule has 0 spiro atoms. The Morgan fingerprint density at radius 2 is 1.81 bits per heavy atom. The number of halogens is 2. The second-order valence-corrected chi connectivity index (χ2v) is 10.1. The third-order valence-corrected chi connectivity index (χ3v) is 6.87. The smallest absolute Gasteiger partial charge is 0.298 e. The normalized spacial score (nSPS) is 14.8. The Morgan fingerprint density at radius 3 is 2.53 bits per heavy atom. The van der Waals surface area contributed by atoms with E-state index in [0.29, 0.717) is 26.8 Å². The molecule has 0 radical (unpaired) electrons. The van der Waals surface area contributed by atoms with Crippen molar-refractivity contribution in [1.29, 1.82) is 0 Å². The number of nitrogens with zero attached hydrogens (tertiary/aromatic N) is 4. The summed E-state index contributed by atoms with van der Waals surface area (Å²) in [5.41, 5.74) is 2.39. The van der Waals surface area contributed by atoms with Crippen LogP contribution < -0.4 is 4.74 Å². The Labute approximate surface area is 203 Å². The molecule has 1 aliphatic rings. The molecular weight excluding hydrogens is 463 g/mol. The average molecular weight is 489 g/mol. The lowest BCUT2D eigenvalue weighted by molar-refractivity contribution is 0.351. The Bertz CT molecular complexity index is 1110. The van der Waals surface area contributed by atoms with Crippen molar-refractivity contribution in [3.63, 3.8) is 0 Å². The molecule has 168 valence electrons. The van der Waals surface area contributed by atoms with Gasteiger partial charge < -0.3 is 9.64 Å². The summed E-state index contributed by atoms with van der Waals surface area (Å²) in [5, 5.41) is 1.73. The van der Waals surface area contributed by atoms with Gasteiger partial charge in [-0.25, -0.2) is 4.99 Å². The molecule has 32 heavy (non-hydrogen) atoms. The molecule has 1 saturated heterocycles. The van der Waals surface area contributed by atoms with Crippen LogP contribution in [0.1, 0.15) is 50.1 Å². The lowest BCUT2D eigenvalue weighted by atomic mass is 9.84. The van der Waals surface area contributed by atoms with Crippen LogP contribution >= 0.6 is 34.7 Å². The molecule has 1 aromatic heterocycles. The summed E-state index contributed by atoms with van der Waals surface area (Å²) in [6, 6.07) is 11.5. The molecule has 2 aromatic carbocycles. The second kappa shape index (κ2) is 9.77. The Balaban J connectivity index is 1.50. The molecule has 0 atom stereocenters. The molecule has 5 nitrogen and oxygen atoms in total. The largest absolute Gasteiger partial charge is 0.430 e. The van der Waals surface area contributed by atoms with Gasteiger partial charge in [0.1, 0.15) is 5.75 Å². The van der Waals surface area contributed by atoms with Crippen LogP contribution in [0.3, 0.4) is 0 Å². The van der Waals surface area contributed by atoms with Gasteiger partial charge in [0.2, 0.25) is 0 Å². The van der Waals surface area contributed by atoms with Crippen LogP contribution in [0.5, 0.6) is 10.9 Å². The van der Waals surface area contributed by atoms with Crippen molar-refractivity contribution in [3.05, 3.63) is 63.4 Å². The van der Waals surface area contributed by atoms with Gasteiger partial charge in [0.25, 0.3) is 5.19 Å². The summed E-state index contributed by atoms with van der Waals surface area (Å²) in [6.07, 6.45) is 5.62. The van der Waals surface area contributed by atoms with Gasteiger partial charge in [-0.3, -0.25) is 0 Å². The van der Waals surface area contributed by atoms with Gasteiger partial charge in [-0.15, -0.1) is 0 Å². The summed E-state index contributed by atoms with van der Waals surface area (Å²) in [7, 11) is 0. The van der Waals surface area contributed by atoms with Gasteiger partial charge in [0.15, 0.2) is 5.82 Å². The summed E-state index contributed by atoms with van der Waals surface area (Å²) in [4.78, 5) is 11.5. The number of aryl methyl sites for hydroxylation is 1. The van der Waals surface area contributed by atoms with E-state index >= 15 is 0 Å². The molecule has 0 N–H and O–H groups in total. The van der Waals surface area contributed by atoms with Crippen molar-refractivity contribution in [3.8, 4) is 10.9 Å². The summed E-state index contributed by atoms with van der Waals surface area (Å²) < 4.78 is 10.6. The van der Waals surface area contributed by atoms with Crippen molar-refractivity contribution in [1.82, 2.24) is 14.3 Å². The monoisotopic (exact) mass is 488 g/mol. The van der Waals surface area contributed by atoms with Gasteiger partial charge in [-0.05, 0) is 69.4 Å². The molecule has 0 saturated carbocycles. The van der Waals surface area contributed by atoms with Crippen molar-refractivity contribution in [2.24, 2.45) is 4.99 Å². The number of likely N-dealkylation sites (tertiary alicyclic amines) is 1. The van der Waals surface area contributed by atoms with E-state index in [-0.39, 0.29) is 5.41 Å².